The van der Waals surface area contributed by atoms with Crippen LogP contribution in [0.25, 0.3) is 11.4 Å². The number of thiophene rings is 1. The molecule has 0 saturated heterocycles. The van der Waals surface area contributed by atoms with Crippen molar-refractivity contribution < 1.29 is 12.9 Å². The first-order valence-corrected chi connectivity index (χ1v) is 11.0. The largest absolute Gasteiger partial charge is 0.337 e. The van der Waals surface area contributed by atoms with Gasteiger partial charge in [0.15, 0.2) is 0 Å². The van der Waals surface area contributed by atoms with Crippen LogP contribution in [-0.2, 0) is 15.6 Å². The van der Waals surface area contributed by atoms with Gasteiger partial charge in [-0.1, -0.05) is 42.6 Å². The van der Waals surface area contributed by atoms with Gasteiger partial charge in [0.05, 0.1) is 4.90 Å². The molecule has 8 heteroatoms. The molecule has 26 heavy (non-hydrogen) atoms. The molecule has 3 aromatic rings. The summed E-state index contributed by atoms with van der Waals surface area (Å²) in [5.74, 6) is 0.836. The van der Waals surface area contributed by atoms with Gasteiger partial charge >= 0.3 is 0 Å². The highest BCUT2D eigenvalue weighted by Gasteiger charge is 2.43. The highest BCUT2D eigenvalue weighted by Crippen LogP contribution is 2.38. The lowest BCUT2D eigenvalue weighted by atomic mass is 9.82. The third kappa shape index (κ3) is 3.32. The van der Waals surface area contributed by atoms with E-state index in [0.717, 1.165) is 24.8 Å². The molecule has 2 heterocycles. The van der Waals surface area contributed by atoms with Crippen LogP contribution in [0, 0.1) is 0 Å². The van der Waals surface area contributed by atoms with Gasteiger partial charge in [0.25, 0.3) is 0 Å². The number of sulfonamides is 1. The van der Waals surface area contributed by atoms with E-state index in [9.17, 15) is 8.42 Å². The Morgan fingerprint density at radius 3 is 2.54 bits per heavy atom. The molecule has 0 aliphatic heterocycles. The fraction of sp³-hybridized carbons (Fsp3) is 0.333. The molecule has 0 unspecified atom stereocenters. The van der Waals surface area contributed by atoms with Crippen LogP contribution in [0.4, 0.5) is 0 Å². The first kappa shape index (κ1) is 17.4. The van der Waals surface area contributed by atoms with Crippen LogP contribution in [0.1, 0.15) is 38.0 Å². The van der Waals surface area contributed by atoms with Crippen LogP contribution in [0.15, 0.2) is 56.6 Å². The zero-order chi connectivity index (χ0) is 18.0. The molecule has 6 nitrogen and oxygen atoms in total. The molecule has 4 rings (SSSR count). The van der Waals surface area contributed by atoms with Gasteiger partial charge in [0, 0.05) is 10.9 Å². The summed E-state index contributed by atoms with van der Waals surface area (Å²) in [5, 5.41) is 7.95. The SMILES string of the molecule is O=S(=O)(NC1(c2nc(-c3ccsc3)no2)CCCCC1)c1ccccc1. The Bertz CT molecular complexity index is 960. The van der Waals surface area contributed by atoms with E-state index in [2.05, 4.69) is 14.9 Å². The van der Waals surface area contributed by atoms with Crippen molar-refractivity contribution in [2.45, 2.75) is 42.5 Å². The van der Waals surface area contributed by atoms with Crippen LogP contribution in [0.3, 0.4) is 0 Å². The number of benzene rings is 1. The summed E-state index contributed by atoms with van der Waals surface area (Å²) < 4.78 is 34.2. The molecule has 1 N–H and O–H groups in total. The van der Waals surface area contributed by atoms with Crippen LogP contribution < -0.4 is 4.72 Å². The van der Waals surface area contributed by atoms with Crippen LogP contribution in [0.2, 0.25) is 0 Å². The first-order chi connectivity index (χ1) is 12.6. The van der Waals surface area contributed by atoms with E-state index in [-0.39, 0.29) is 4.90 Å². The van der Waals surface area contributed by atoms with Gasteiger partial charge in [-0.25, -0.2) is 8.42 Å². The Kier molecular flexibility index (Phi) is 4.64. The maximum atomic E-state index is 12.9. The van der Waals surface area contributed by atoms with Gasteiger partial charge in [-0.05, 0) is 36.4 Å². The van der Waals surface area contributed by atoms with Crippen LogP contribution in [-0.4, -0.2) is 18.6 Å². The van der Waals surface area contributed by atoms with Gasteiger partial charge in [0.1, 0.15) is 5.54 Å². The minimum absolute atomic E-state index is 0.238. The van der Waals surface area contributed by atoms with E-state index in [4.69, 9.17) is 4.52 Å². The minimum Gasteiger partial charge on any atom is -0.337 e. The molecule has 0 radical (unpaired) electrons. The molecule has 0 spiro atoms. The zero-order valence-electron chi connectivity index (χ0n) is 14.1. The third-order valence-electron chi connectivity index (χ3n) is 4.71. The van der Waals surface area contributed by atoms with Gasteiger partial charge in [-0.15, -0.1) is 0 Å². The lowest BCUT2D eigenvalue weighted by molar-refractivity contribution is 0.199. The van der Waals surface area contributed by atoms with Gasteiger partial charge < -0.3 is 4.52 Å². The summed E-state index contributed by atoms with van der Waals surface area (Å²) in [6.07, 6.45) is 4.18. The topological polar surface area (TPSA) is 85.1 Å². The molecular weight excluding hydrogens is 370 g/mol. The monoisotopic (exact) mass is 389 g/mol. The number of hydrogen-bond acceptors (Lipinski definition) is 6. The molecule has 136 valence electrons. The van der Waals surface area contributed by atoms with E-state index < -0.39 is 15.6 Å². The zero-order valence-corrected chi connectivity index (χ0v) is 15.7. The standard InChI is InChI=1S/C18H19N3O3S2/c22-26(23,15-7-3-1-4-8-15)21-18(10-5-2-6-11-18)17-19-16(20-24-17)14-9-12-25-13-14/h1,3-4,7-9,12-13,21H,2,5-6,10-11H2. The fourth-order valence-corrected chi connectivity index (χ4v) is 5.43. The van der Waals surface area contributed by atoms with E-state index in [0.29, 0.717) is 24.6 Å². The average molecular weight is 390 g/mol. The van der Waals surface area contributed by atoms with E-state index >= 15 is 0 Å². The molecule has 2 aromatic heterocycles. The second-order valence-electron chi connectivity index (χ2n) is 6.50. The van der Waals surface area contributed by atoms with E-state index in [1.165, 1.54) is 0 Å². The average Bonchev–Trinajstić information content (AvgIpc) is 3.35. The van der Waals surface area contributed by atoms with Crippen molar-refractivity contribution in [3.05, 3.63) is 53.0 Å². The summed E-state index contributed by atoms with van der Waals surface area (Å²) in [4.78, 5) is 4.77. The maximum absolute atomic E-state index is 12.9. The summed E-state index contributed by atoms with van der Waals surface area (Å²) in [7, 11) is -3.69. The number of aromatic nitrogens is 2. The highest BCUT2D eigenvalue weighted by atomic mass is 32.2. The second kappa shape index (κ2) is 6.94. The number of hydrogen-bond donors (Lipinski definition) is 1. The normalized spacial score (nSPS) is 17.2. The third-order valence-corrected chi connectivity index (χ3v) is 6.94. The van der Waals surface area contributed by atoms with Crippen molar-refractivity contribution in [1.82, 2.24) is 14.9 Å². The lowest BCUT2D eigenvalue weighted by Crippen LogP contribution is -2.47. The Hall–Kier alpha value is -2.03. The maximum Gasteiger partial charge on any atom is 0.248 e. The highest BCUT2D eigenvalue weighted by molar-refractivity contribution is 7.89. The molecule has 0 amide bonds. The molecule has 1 fully saturated rings. The van der Waals surface area contributed by atoms with Crippen molar-refractivity contribution in [3.8, 4) is 11.4 Å². The number of rotatable bonds is 5. The molecule has 1 saturated carbocycles. The van der Waals surface area contributed by atoms with Crippen molar-refractivity contribution in [2.75, 3.05) is 0 Å². The Morgan fingerprint density at radius 1 is 1.08 bits per heavy atom. The van der Waals surface area contributed by atoms with E-state index in [1.54, 1.807) is 41.7 Å². The summed E-state index contributed by atoms with van der Waals surface area (Å²) in [5.41, 5.74) is 0.0238. The Balaban J connectivity index is 1.70. The second-order valence-corrected chi connectivity index (χ2v) is 8.96. The molecule has 1 aromatic carbocycles. The van der Waals surface area contributed by atoms with Crippen molar-refractivity contribution in [3.63, 3.8) is 0 Å². The summed E-state index contributed by atoms with van der Waals surface area (Å²) in [6.45, 7) is 0. The van der Waals surface area contributed by atoms with Gasteiger partial charge in [-0.3, -0.25) is 0 Å². The molecule has 0 bridgehead atoms. The molecular formula is C18H19N3O3S2. The lowest BCUT2D eigenvalue weighted by Gasteiger charge is -2.34. The minimum atomic E-state index is -3.69. The number of nitrogens with one attached hydrogen (secondary N) is 1. The first-order valence-electron chi connectivity index (χ1n) is 8.55. The van der Waals surface area contributed by atoms with Crippen molar-refractivity contribution in [2.24, 2.45) is 0 Å². The number of nitrogens with zero attached hydrogens (tertiary/aromatic N) is 2. The van der Waals surface area contributed by atoms with Crippen molar-refractivity contribution in [1.29, 1.82) is 0 Å². The fourth-order valence-electron chi connectivity index (χ4n) is 3.36. The van der Waals surface area contributed by atoms with Gasteiger partial charge in [0.2, 0.25) is 21.7 Å². The predicted molar refractivity (Wildman–Crippen MR) is 99.1 cm³/mol. The summed E-state index contributed by atoms with van der Waals surface area (Å²) >= 11 is 1.55. The Labute approximate surface area is 156 Å². The smallest absolute Gasteiger partial charge is 0.248 e. The van der Waals surface area contributed by atoms with Gasteiger partial charge in [-0.2, -0.15) is 21.0 Å². The molecule has 1 aliphatic carbocycles. The Morgan fingerprint density at radius 2 is 1.85 bits per heavy atom. The summed E-state index contributed by atoms with van der Waals surface area (Å²) in [6, 6.07) is 10.3. The quantitative estimate of drug-likeness (QED) is 0.714. The molecule has 1 aliphatic rings. The molecule has 0 atom stereocenters. The van der Waals surface area contributed by atoms with E-state index in [1.807, 2.05) is 16.8 Å². The van der Waals surface area contributed by atoms with Crippen LogP contribution in [0.5, 0.6) is 0 Å². The predicted octanol–water partition coefficient (Wildman–Crippen LogP) is 3.94. The van der Waals surface area contributed by atoms with Crippen molar-refractivity contribution >= 4 is 21.4 Å². The van der Waals surface area contributed by atoms with Crippen LogP contribution >= 0.6 is 11.3 Å².